The van der Waals surface area contributed by atoms with Crippen LogP contribution in [0.3, 0.4) is 0 Å². The predicted molar refractivity (Wildman–Crippen MR) is 66.6 cm³/mol. The van der Waals surface area contributed by atoms with Crippen LogP contribution in [-0.2, 0) is 6.42 Å². The van der Waals surface area contributed by atoms with Crippen LogP contribution >= 0.6 is 11.6 Å². The van der Waals surface area contributed by atoms with Crippen molar-refractivity contribution >= 4 is 11.6 Å². The first kappa shape index (κ1) is 11.5. The molecule has 1 aromatic carbocycles. The molecule has 84 valence electrons. The van der Waals surface area contributed by atoms with Crippen molar-refractivity contribution in [1.82, 2.24) is 0 Å². The lowest BCUT2D eigenvalue weighted by Gasteiger charge is -2.23. The lowest BCUT2D eigenvalue weighted by atomic mass is 9.84. The summed E-state index contributed by atoms with van der Waals surface area (Å²) in [6, 6.07) is 8.26. The molecular formula is C14H16ClN. The highest BCUT2D eigenvalue weighted by Gasteiger charge is 2.17. The van der Waals surface area contributed by atoms with Crippen molar-refractivity contribution in [2.24, 2.45) is 0 Å². The van der Waals surface area contributed by atoms with E-state index in [0.29, 0.717) is 12.3 Å². The van der Waals surface area contributed by atoms with Crippen molar-refractivity contribution in [1.29, 1.82) is 5.26 Å². The minimum absolute atomic E-state index is 0.449. The summed E-state index contributed by atoms with van der Waals surface area (Å²) in [4.78, 5) is 0. The molecule has 0 N–H and O–H groups in total. The number of rotatable bonds is 2. The van der Waals surface area contributed by atoms with Crippen LogP contribution in [0.15, 0.2) is 18.2 Å². The minimum Gasteiger partial charge on any atom is -0.198 e. The number of nitriles is 1. The van der Waals surface area contributed by atoms with Gasteiger partial charge in [-0.05, 0) is 36.0 Å². The van der Waals surface area contributed by atoms with Crippen LogP contribution in [-0.4, -0.2) is 0 Å². The molecule has 16 heavy (non-hydrogen) atoms. The van der Waals surface area contributed by atoms with E-state index in [1.165, 1.54) is 37.7 Å². The molecule has 1 nitrogen and oxygen atoms in total. The molecule has 0 aliphatic heterocycles. The van der Waals surface area contributed by atoms with Gasteiger partial charge in [0.15, 0.2) is 0 Å². The predicted octanol–water partition coefficient (Wildman–Crippen LogP) is 4.45. The average Bonchev–Trinajstić information content (AvgIpc) is 2.31. The van der Waals surface area contributed by atoms with Crippen LogP contribution in [0.5, 0.6) is 0 Å². The molecule has 2 rings (SSSR count). The van der Waals surface area contributed by atoms with E-state index in [2.05, 4.69) is 12.1 Å². The Morgan fingerprint density at radius 2 is 2.00 bits per heavy atom. The van der Waals surface area contributed by atoms with Gasteiger partial charge in [0.2, 0.25) is 0 Å². The fraction of sp³-hybridized carbons (Fsp3) is 0.500. The average molecular weight is 234 g/mol. The Bertz CT molecular complexity index is 400. The van der Waals surface area contributed by atoms with E-state index in [1.54, 1.807) is 0 Å². The van der Waals surface area contributed by atoms with Gasteiger partial charge >= 0.3 is 0 Å². The first-order valence-corrected chi connectivity index (χ1v) is 6.34. The lowest BCUT2D eigenvalue weighted by molar-refractivity contribution is 0.443. The Morgan fingerprint density at radius 1 is 1.25 bits per heavy atom. The van der Waals surface area contributed by atoms with Gasteiger partial charge < -0.3 is 0 Å². The van der Waals surface area contributed by atoms with Crippen molar-refractivity contribution < 1.29 is 0 Å². The number of hydrogen-bond donors (Lipinski definition) is 0. The molecule has 0 amide bonds. The van der Waals surface area contributed by atoms with E-state index in [0.717, 1.165) is 10.6 Å². The van der Waals surface area contributed by atoms with Crippen molar-refractivity contribution in [3.63, 3.8) is 0 Å². The molecule has 0 saturated heterocycles. The summed E-state index contributed by atoms with van der Waals surface area (Å²) in [7, 11) is 0. The molecule has 0 aromatic heterocycles. The molecule has 1 aliphatic carbocycles. The Kier molecular flexibility index (Phi) is 3.85. The third-order valence-corrected chi connectivity index (χ3v) is 3.72. The van der Waals surface area contributed by atoms with Crippen LogP contribution in [0.4, 0.5) is 0 Å². The molecule has 1 saturated carbocycles. The summed E-state index contributed by atoms with van der Waals surface area (Å²) < 4.78 is 0. The maximum Gasteiger partial charge on any atom is 0.0669 e. The number of nitrogens with zero attached hydrogens (tertiary/aromatic N) is 1. The maximum absolute atomic E-state index is 8.64. The highest BCUT2D eigenvalue weighted by Crippen LogP contribution is 2.36. The highest BCUT2D eigenvalue weighted by atomic mass is 35.5. The van der Waals surface area contributed by atoms with Gasteiger partial charge in [0, 0.05) is 5.02 Å². The minimum atomic E-state index is 0.449. The van der Waals surface area contributed by atoms with E-state index < -0.39 is 0 Å². The van der Waals surface area contributed by atoms with Crippen molar-refractivity contribution in [2.75, 3.05) is 0 Å². The van der Waals surface area contributed by atoms with E-state index in [1.807, 2.05) is 12.1 Å². The number of benzene rings is 1. The zero-order valence-electron chi connectivity index (χ0n) is 9.38. The highest BCUT2D eigenvalue weighted by molar-refractivity contribution is 6.31. The van der Waals surface area contributed by atoms with Gasteiger partial charge in [0.1, 0.15) is 0 Å². The van der Waals surface area contributed by atoms with Crippen molar-refractivity contribution in [3.8, 4) is 6.07 Å². The van der Waals surface area contributed by atoms with Gasteiger partial charge in [0.25, 0.3) is 0 Å². The summed E-state index contributed by atoms with van der Waals surface area (Å²) in [5.41, 5.74) is 2.30. The van der Waals surface area contributed by atoms with Gasteiger partial charge in [-0.3, -0.25) is 0 Å². The van der Waals surface area contributed by atoms with E-state index in [4.69, 9.17) is 16.9 Å². The molecule has 0 spiro atoms. The van der Waals surface area contributed by atoms with Crippen LogP contribution in [0.25, 0.3) is 0 Å². The molecule has 1 aliphatic rings. The third kappa shape index (κ3) is 2.57. The topological polar surface area (TPSA) is 23.8 Å². The summed E-state index contributed by atoms with van der Waals surface area (Å²) in [6.07, 6.45) is 6.97. The summed E-state index contributed by atoms with van der Waals surface area (Å²) in [5.74, 6) is 0.636. The van der Waals surface area contributed by atoms with Gasteiger partial charge in [0.05, 0.1) is 12.5 Å². The molecule has 0 atom stereocenters. The molecule has 0 radical (unpaired) electrons. The Morgan fingerprint density at radius 3 is 2.62 bits per heavy atom. The van der Waals surface area contributed by atoms with E-state index in [9.17, 15) is 0 Å². The molecule has 0 heterocycles. The van der Waals surface area contributed by atoms with Gasteiger partial charge in [-0.1, -0.05) is 43.0 Å². The lowest BCUT2D eigenvalue weighted by Crippen LogP contribution is -2.05. The summed E-state index contributed by atoms with van der Waals surface area (Å²) >= 11 is 6.29. The van der Waals surface area contributed by atoms with E-state index in [-0.39, 0.29) is 0 Å². The van der Waals surface area contributed by atoms with Gasteiger partial charge in [-0.2, -0.15) is 5.26 Å². The SMILES string of the molecule is N#CCc1ccc(C2CCCCC2)c(Cl)c1. The maximum atomic E-state index is 8.64. The summed E-state index contributed by atoms with van der Waals surface area (Å²) in [6.45, 7) is 0. The molecule has 1 aromatic rings. The quantitative estimate of drug-likeness (QED) is 0.740. The molecule has 0 unspecified atom stereocenters. The Hall–Kier alpha value is -1.00. The van der Waals surface area contributed by atoms with Crippen molar-refractivity contribution in [3.05, 3.63) is 34.3 Å². The molecule has 1 fully saturated rings. The fourth-order valence-corrected chi connectivity index (χ4v) is 2.87. The van der Waals surface area contributed by atoms with Gasteiger partial charge in [-0.25, -0.2) is 0 Å². The number of hydrogen-bond acceptors (Lipinski definition) is 1. The first-order valence-electron chi connectivity index (χ1n) is 5.96. The van der Waals surface area contributed by atoms with Crippen LogP contribution < -0.4 is 0 Å². The van der Waals surface area contributed by atoms with Crippen molar-refractivity contribution in [2.45, 2.75) is 44.4 Å². The smallest absolute Gasteiger partial charge is 0.0669 e. The second kappa shape index (κ2) is 5.37. The third-order valence-electron chi connectivity index (χ3n) is 3.39. The van der Waals surface area contributed by atoms with Crippen LogP contribution in [0.2, 0.25) is 5.02 Å². The van der Waals surface area contributed by atoms with Gasteiger partial charge in [-0.15, -0.1) is 0 Å². The van der Waals surface area contributed by atoms with Crippen LogP contribution in [0.1, 0.15) is 49.1 Å². The molecular weight excluding hydrogens is 218 g/mol. The van der Waals surface area contributed by atoms with E-state index >= 15 is 0 Å². The first-order chi connectivity index (χ1) is 7.81. The zero-order chi connectivity index (χ0) is 11.4. The van der Waals surface area contributed by atoms with Crippen LogP contribution in [0, 0.1) is 11.3 Å². The molecule has 2 heteroatoms. The normalized spacial score (nSPS) is 17.0. The standard InChI is InChI=1S/C14H16ClN/c15-14-10-11(8-9-16)6-7-13(14)12-4-2-1-3-5-12/h6-7,10,12H,1-5,8H2. The number of halogens is 1. The second-order valence-corrected chi connectivity index (χ2v) is 4.93. The largest absolute Gasteiger partial charge is 0.198 e. The zero-order valence-corrected chi connectivity index (χ0v) is 10.1. The monoisotopic (exact) mass is 233 g/mol. The second-order valence-electron chi connectivity index (χ2n) is 4.53. The molecule has 0 bridgehead atoms. The summed E-state index contributed by atoms with van der Waals surface area (Å²) in [5, 5.41) is 9.48. The Labute approximate surface area is 102 Å². The Balaban J connectivity index is 2.18. The fourth-order valence-electron chi connectivity index (χ4n) is 2.52.